The number of unbranched alkanes of at least 4 members (excludes halogenated alkanes) is 14. The predicted molar refractivity (Wildman–Crippen MR) is 256 cm³/mol. The zero-order valence-electron chi connectivity index (χ0n) is 38.9. The molecule has 2 N–H and O–H groups in total. The highest BCUT2D eigenvalue weighted by atomic mass is 31.2. The van der Waals surface area contributed by atoms with Gasteiger partial charge in [0.2, 0.25) is 5.91 Å². The van der Waals surface area contributed by atoms with E-state index in [1.807, 2.05) is 27.2 Å². The Hall–Kier alpha value is -2.58. The predicted octanol–water partition coefficient (Wildman–Crippen LogP) is 12.9. The van der Waals surface area contributed by atoms with E-state index in [9.17, 15) is 19.4 Å². The number of quaternary nitrogens is 1. The first-order chi connectivity index (χ1) is 29.0. The lowest BCUT2D eigenvalue weighted by molar-refractivity contribution is -0.870. The van der Waals surface area contributed by atoms with Gasteiger partial charge in [-0.25, -0.2) is 0 Å². The molecule has 0 fully saturated rings. The molecule has 0 heterocycles. The van der Waals surface area contributed by atoms with E-state index in [1.165, 1.54) is 57.8 Å². The van der Waals surface area contributed by atoms with E-state index in [2.05, 4.69) is 104 Å². The van der Waals surface area contributed by atoms with Crippen molar-refractivity contribution in [3.05, 3.63) is 97.2 Å². The van der Waals surface area contributed by atoms with Gasteiger partial charge >= 0.3 is 0 Å². The normalized spacial score (nSPS) is 15.1. The van der Waals surface area contributed by atoms with E-state index in [0.29, 0.717) is 17.4 Å². The van der Waals surface area contributed by atoms with Gasteiger partial charge in [0.05, 0.1) is 39.9 Å². The quantitative estimate of drug-likeness (QED) is 0.0274. The molecule has 0 aliphatic carbocycles. The third kappa shape index (κ3) is 43.5. The molecule has 0 rings (SSSR count). The summed E-state index contributed by atoms with van der Waals surface area (Å²) in [7, 11) is 1.21. The summed E-state index contributed by atoms with van der Waals surface area (Å²) < 4.78 is 23.1. The lowest BCUT2D eigenvalue weighted by atomic mass is 10.0. The van der Waals surface area contributed by atoms with Crippen LogP contribution in [-0.4, -0.2) is 68.5 Å². The summed E-state index contributed by atoms with van der Waals surface area (Å²) in [5, 5.41) is 13.7. The number of phosphoric ester groups is 1. The van der Waals surface area contributed by atoms with Crippen LogP contribution in [0.3, 0.4) is 0 Å². The molecule has 3 unspecified atom stereocenters. The molecule has 0 radical (unpaired) electrons. The Morgan fingerprint density at radius 1 is 0.600 bits per heavy atom. The zero-order chi connectivity index (χ0) is 44.3. The van der Waals surface area contributed by atoms with Gasteiger partial charge in [0, 0.05) is 6.42 Å². The summed E-state index contributed by atoms with van der Waals surface area (Å²) in [4.78, 5) is 25.3. The van der Waals surface area contributed by atoms with E-state index in [1.54, 1.807) is 6.08 Å². The highest BCUT2D eigenvalue weighted by Crippen LogP contribution is 2.38. The third-order valence-electron chi connectivity index (χ3n) is 9.74. The maximum absolute atomic E-state index is 12.9. The van der Waals surface area contributed by atoms with Crippen LogP contribution >= 0.6 is 7.82 Å². The molecule has 0 aliphatic heterocycles. The van der Waals surface area contributed by atoms with Crippen molar-refractivity contribution in [2.24, 2.45) is 0 Å². The summed E-state index contributed by atoms with van der Waals surface area (Å²) in [5.74, 6) is -0.222. The fourth-order valence-electron chi connectivity index (χ4n) is 6.04. The Morgan fingerprint density at radius 2 is 1.03 bits per heavy atom. The van der Waals surface area contributed by atoms with Crippen molar-refractivity contribution in [2.75, 3.05) is 40.9 Å². The number of phosphoric acid groups is 1. The second-order valence-corrected chi connectivity index (χ2v) is 18.1. The van der Waals surface area contributed by atoms with Crippen molar-refractivity contribution in [1.29, 1.82) is 0 Å². The lowest BCUT2D eigenvalue weighted by Gasteiger charge is -2.29. The molecular formula is C51H89N2O6P. The van der Waals surface area contributed by atoms with Gasteiger partial charge in [0.15, 0.2) is 0 Å². The minimum atomic E-state index is -4.60. The Balaban J connectivity index is 4.25. The van der Waals surface area contributed by atoms with E-state index in [-0.39, 0.29) is 12.5 Å². The molecule has 0 aromatic carbocycles. The molecular weight excluding hydrogens is 768 g/mol. The van der Waals surface area contributed by atoms with Crippen LogP contribution in [0.1, 0.15) is 168 Å². The van der Waals surface area contributed by atoms with Gasteiger partial charge in [-0.1, -0.05) is 175 Å². The summed E-state index contributed by atoms with van der Waals surface area (Å²) in [5.41, 5.74) is 0. The molecule has 8 nitrogen and oxygen atoms in total. The van der Waals surface area contributed by atoms with Crippen LogP contribution in [0.4, 0.5) is 0 Å². The molecule has 0 bridgehead atoms. The Morgan fingerprint density at radius 3 is 1.53 bits per heavy atom. The van der Waals surface area contributed by atoms with Crippen molar-refractivity contribution in [1.82, 2.24) is 5.32 Å². The van der Waals surface area contributed by atoms with Gasteiger partial charge in [-0.2, -0.15) is 0 Å². The maximum Gasteiger partial charge on any atom is 0.268 e. The smallest absolute Gasteiger partial charge is 0.268 e. The Bertz CT molecular complexity index is 1290. The Kier molecular flexibility index (Phi) is 40.0. The van der Waals surface area contributed by atoms with Gasteiger partial charge in [0.25, 0.3) is 7.82 Å². The number of hydrogen-bond donors (Lipinski definition) is 2. The van der Waals surface area contributed by atoms with Crippen LogP contribution in [0, 0.1) is 0 Å². The van der Waals surface area contributed by atoms with Crippen molar-refractivity contribution in [2.45, 2.75) is 180 Å². The Labute approximate surface area is 369 Å². The second kappa shape index (κ2) is 41.8. The summed E-state index contributed by atoms with van der Waals surface area (Å²) in [6.07, 6.45) is 59.0. The average molecular weight is 857 g/mol. The highest BCUT2D eigenvalue weighted by molar-refractivity contribution is 7.45. The molecule has 0 aliphatic rings. The monoisotopic (exact) mass is 857 g/mol. The molecule has 60 heavy (non-hydrogen) atoms. The van der Waals surface area contributed by atoms with Gasteiger partial charge in [0.1, 0.15) is 13.2 Å². The van der Waals surface area contributed by atoms with E-state index >= 15 is 0 Å². The number of aliphatic hydroxyl groups is 1. The fourth-order valence-corrected chi connectivity index (χ4v) is 6.76. The maximum atomic E-state index is 12.9. The van der Waals surface area contributed by atoms with Crippen LogP contribution in [-0.2, 0) is 18.4 Å². The first-order valence-corrected chi connectivity index (χ1v) is 25.1. The molecule has 9 heteroatoms. The number of carbonyl (C=O) groups excluding carboxylic acids is 1. The van der Waals surface area contributed by atoms with Gasteiger partial charge in [-0.3, -0.25) is 9.36 Å². The summed E-state index contributed by atoms with van der Waals surface area (Å²) in [6.45, 7) is 4.40. The number of likely N-dealkylation sites (N-methyl/N-ethyl adjacent to an activating group) is 1. The number of nitrogens with one attached hydrogen (secondary N) is 1. The fraction of sp³-hybridized carbons (Fsp3) is 0.667. The van der Waals surface area contributed by atoms with E-state index in [4.69, 9.17) is 9.05 Å². The SMILES string of the molecule is CC/C=C\C/C=C\C/C=C\C/C=C\C/C=C\CCCCCCCCCCCCCC(=O)NC(COP(=O)([O-])OCC[N+](C)(C)C)C(O)/C=C/CC/C=C/CC/C=C/CCC. The number of rotatable bonds is 41. The molecule has 0 saturated carbocycles. The first kappa shape index (κ1) is 57.4. The molecule has 0 spiro atoms. The van der Waals surface area contributed by atoms with Gasteiger partial charge < -0.3 is 28.8 Å². The van der Waals surface area contributed by atoms with Crippen molar-refractivity contribution in [3.8, 4) is 0 Å². The van der Waals surface area contributed by atoms with Crippen LogP contribution in [0.5, 0.6) is 0 Å². The van der Waals surface area contributed by atoms with Crippen LogP contribution in [0.2, 0.25) is 0 Å². The number of allylic oxidation sites excluding steroid dienone is 15. The van der Waals surface area contributed by atoms with Crippen LogP contribution < -0.4 is 10.2 Å². The summed E-state index contributed by atoms with van der Waals surface area (Å²) in [6, 6.07) is -0.915. The lowest BCUT2D eigenvalue weighted by Crippen LogP contribution is -2.45. The zero-order valence-corrected chi connectivity index (χ0v) is 39.8. The van der Waals surface area contributed by atoms with Crippen LogP contribution in [0.25, 0.3) is 0 Å². The molecule has 0 aromatic heterocycles. The first-order valence-electron chi connectivity index (χ1n) is 23.6. The molecule has 1 amide bonds. The van der Waals surface area contributed by atoms with Crippen molar-refractivity contribution in [3.63, 3.8) is 0 Å². The minimum absolute atomic E-state index is 0.0146. The van der Waals surface area contributed by atoms with Gasteiger partial charge in [-0.05, 0) is 83.5 Å². The number of amides is 1. The van der Waals surface area contributed by atoms with E-state index < -0.39 is 26.6 Å². The average Bonchev–Trinajstić information content (AvgIpc) is 3.20. The largest absolute Gasteiger partial charge is 0.756 e. The summed E-state index contributed by atoms with van der Waals surface area (Å²) >= 11 is 0. The number of aliphatic hydroxyl groups excluding tert-OH is 1. The third-order valence-corrected chi connectivity index (χ3v) is 10.7. The van der Waals surface area contributed by atoms with Gasteiger partial charge in [-0.15, -0.1) is 0 Å². The second-order valence-electron chi connectivity index (χ2n) is 16.7. The van der Waals surface area contributed by atoms with Crippen molar-refractivity contribution < 1.29 is 32.9 Å². The molecule has 0 saturated heterocycles. The number of carbonyl (C=O) groups is 1. The number of nitrogens with zero attached hydrogens (tertiary/aromatic N) is 1. The van der Waals surface area contributed by atoms with Crippen LogP contribution in [0.15, 0.2) is 97.2 Å². The topological polar surface area (TPSA) is 108 Å². The minimum Gasteiger partial charge on any atom is -0.756 e. The van der Waals surface area contributed by atoms with E-state index in [0.717, 1.165) is 89.9 Å². The highest BCUT2D eigenvalue weighted by Gasteiger charge is 2.23. The molecule has 3 atom stereocenters. The standard InChI is InChI=1S/C51H89N2O6P/c1-6-8-10-12-14-16-18-19-20-21-22-23-24-25-26-27-28-29-30-31-32-33-35-37-39-41-43-45-51(55)52-49(48-59-60(56,57)58-47-46-53(3,4)5)50(54)44-42-40-38-36-34-17-15-13-11-9-7-2/h8,10-11,13-14,16,19-20,22-23,25-26,34,36,42,44,49-50,54H,6-7,9,12,15,17-18,21,24,27-33,35,37-41,43,45-48H2,1-5H3,(H-,52,55,56,57)/b10-8-,13-11+,16-14-,20-19-,23-22-,26-25-,36-34+,44-42+. The number of hydrogen-bond acceptors (Lipinski definition) is 6. The van der Waals surface area contributed by atoms with Crippen molar-refractivity contribution >= 4 is 13.7 Å². The molecule has 0 aromatic rings. The molecule has 344 valence electrons.